The summed E-state index contributed by atoms with van der Waals surface area (Å²) in [5.41, 5.74) is 1.33. The Kier molecular flexibility index (Phi) is 4.48. The van der Waals surface area contributed by atoms with E-state index in [2.05, 4.69) is 10.3 Å². The second kappa shape index (κ2) is 7.35. The number of imide groups is 1. The number of pyridine rings is 1. The molecular formula is C24H13F2N3O3. The van der Waals surface area contributed by atoms with Crippen molar-refractivity contribution < 1.29 is 23.2 Å². The fourth-order valence-electron chi connectivity index (χ4n) is 3.67. The third-order valence-electron chi connectivity index (χ3n) is 5.19. The lowest BCUT2D eigenvalue weighted by molar-refractivity contribution is 0.0925. The van der Waals surface area contributed by atoms with E-state index in [0.29, 0.717) is 16.8 Å². The number of carbonyl (C=O) groups is 3. The lowest BCUT2D eigenvalue weighted by atomic mass is 10.1. The molecule has 0 radical (unpaired) electrons. The number of nitrogens with zero attached hydrogens (tertiary/aromatic N) is 2. The van der Waals surface area contributed by atoms with Gasteiger partial charge in [0.1, 0.15) is 11.3 Å². The number of amides is 3. The van der Waals surface area contributed by atoms with E-state index in [0.717, 1.165) is 17.0 Å². The standard InChI is InChI=1S/C24H13F2N3O3/c25-14-11-18-20(9-10-27-21(18)19(26)12-14)28-22(30)13-5-7-15(8-6-13)29-23(31)16-3-1-2-4-17(16)24(29)32/h1-12H,(H,27,28,30). The van der Waals surface area contributed by atoms with E-state index in [1.165, 1.54) is 36.5 Å². The van der Waals surface area contributed by atoms with Gasteiger partial charge in [-0.1, -0.05) is 12.1 Å². The molecule has 3 aromatic carbocycles. The Morgan fingerprint density at radius 1 is 0.875 bits per heavy atom. The van der Waals surface area contributed by atoms with Crippen LogP contribution in [-0.2, 0) is 0 Å². The maximum absolute atomic E-state index is 14.0. The van der Waals surface area contributed by atoms with E-state index in [1.54, 1.807) is 24.3 Å². The van der Waals surface area contributed by atoms with Crippen LogP contribution in [0.2, 0.25) is 0 Å². The van der Waals surface area contributed by atoms with Crippen molar-refractivity contribution >= 4 is 40.0 Å². The molecule has 0 unspecified atom stereocenters. The van der Waals surface area contributed by atoms with Crippen molar-refractivity contribution in [1.29, 1.82) is 0 Å². The van der Waals surface area contributed by atoms with Crippen molar-refractivity contribution in [3.05, 3.63) is 101 Å². The molecule has 1 aliphatic heterocycles. The second-order valence-corrected chi connectivity index (χ2v) is 7.13. The Balaban J connectivity index is 1.41. The molecule has 0 saturated carbocycles. The predicted molar refractivity (Wildman–Crippen MR) is 114 cm³/mol. The van der Waals surface area contributed by atoms with Crippen LogP contribution in [-0.4, -0.2) is 22.7 Å². The van der Waals surface area contributed by atoms with Gasteiger partial charge >= 0.3 is 0 Å². The molecular weight excluding hydrogens is 416 g/mol. The normalized spacial score (nSPS) is 12.9. The first kappa shape index (κ1) is 19.5. The fourth-order valence-corrected chi connectivity index (χ4v) is 3.67. The average molecular weight is 429 g/mol. The summed E-state index contributed by atoms with van der Waals surface area (Å²) >= 11 is 0. The number of nitrogens with one attached hydrogen (secondary N) is 1. The first-order chi connectivity index (χ1) is 15.4. The van der Waals surface area contributed by atoms with Crippen LogP contribution in [0.1, 0.15) is 31.1 Å². The molecule has 2 heterocycles. The summed E-state index contributed by atoms with van der Waals surface area (Å²) < 4.78 is 27.6. The number of rotatable bonds is 3. The Hall–Kier alpha value is -4.46. The summed E-state index contributed by atoms with van der Waals surface area (Å²) in [6, 6.07) is 15.7. The molecule has 0 fully saturated rings. The number of benzene rings is 3. The SMILES string of the molecule is O=C(Nc1ccnc2c(F)cc(F)cc12)c1ccc(N2C(=O)c3ccccc3C2=O)cc1. The Labute approximate surface area is 180 Å². The molecule has 0 spiro atoms. The zero-order chi connectivity index (χ0) is 22.4. The Morgan fingerprint density at radius 2 is 1.53 bits per heavy atom. The van der Waals surface area contributed by atoms with E-state index >= 15 is 0 Å². The van der Waals surface area contributed by atoms with Gasteiger partial charge in [-0.05, 0) is 48.5 Å². The van der Waals surface area contributed by atoms with E-state index in [4.69, 9.17) is 0 Å². The lowest BCUT2D eigenvalue weighted by Crippen LogP contribution is -2.29. The molecule has 156 valence electrons. The quantitative estimate of drug-likeness (QED) is 0.484. The Morgan fingerprint density at radius 3 is 2.19 bits per heavy atom. The number of carbonyl (C=O) groups excluding carboxylic acids is 3. The summed E-state index contributed by atoms with van der Waals surface area (Å²) in [5.74, 6) is -3.02. The number of fused-ring (bicyclic) bond motifs is 2. The van der Waals surface area contributed by atoms with Crippen LogP contribution in [0.3, 0.4) is 0 Å². The third-order valence-corrected chi connectivity index (χ3v) is 5.19. The van der Waals surface area contributed by atoms with Gasteiger partial charge in [-0.3, -0.25) is 19.4 Å². The van der Waals surface area contributed by atoms with Crippen molar-refractivity contribution in [1.82, 2.24) is 4.98 Å². The van der Waals surface area contributed by atoms with Gasteiger partial charge in [-0.2, -0.15) is 0 Å². The van der Waals surface area contributed by atoms with Crippen LogP contribution in [0.5, 0.6) is 0 Å². The van der Waals surface area contributed by atoms with Crippen molar-refractivity contribution in [2.45, 2.75) is 0 Å². The van der Waals surface area contributed by atoms with Gasteiger partial charge in [0.15, 0.2) is 5.82 Å². The Bertz CT molecular complexity index is 1400. The maximum Gasteiger partial charge on any atom is 0.266 e. The van der Waals surface area contributed by atoms with Crippen LogP contribution in [0.25, 0.3) is 10.9 Å². The zero-order valence-corrected chi connectivity index (χ0v) is 16.3. The summed E-state index contributed by atoms with van der Waals surface area (Å²) in [6.07, 6.45) is 1.31. The van der Waals surface area contributed by atoms with Crippen molar-refractivity contribution in [2.24, 2.45) is 0 Å². The summed E-state index contributed by atoms with van der Waals surface area (Å²) in [5, 5.41) is 2.74. The highest BCUT2D eigenvalue weighted by molar-refractivity contribution is 6.34. The summed E-state index contributed by atoms with van der Waals surface area (Å²) in [7, 11) is 0. The number of hydrogen-bond acceptors (Lipinski definition) is 4. The van der Waals surface area contributed by atoms with Gasteiger partial charge in [0, 0.05) is 23.2 Å². The minimum Gasteiger partial charge on any atom is -0.321 e. The fraction of sp³-hybridized carbons (Fsp3) is 0. The highest BCUT2D eigenvalue weighted by Gasteiger charge is 2.36. The molecule has 0 saturated heterocycles. The highest BCUT2D eigenvalue weighted by atomic mass is 19.1. The number of hydrogen-bond donors (Lipinski definition) is 1. The average Bonchev–Trinajstić information content (AvgIpc) is 3.05. The molecule has 8 heteroatoms. The molecule has 0 atom stereocenters. The molecule has 0 bridgehead atoms. The smallest absolute Gasteiger partial charge is 0.266 e. The van der Waals surface area contributed by atoms with E-state index in [1.807, 2.05) is 0 Å². The van der Waals surface area contributed by atoms with Gasteiger partial charge in [0.2, 0.25) is 0 Å². The molecule has 0 aliphatic carbocycles. The molecule has 3 amide bonds. The highest BCUT2D eigenvalue weighted by Crippen LogP contribution is 2.29. The monoisotopic (exact) mass is 429 g/mol. The second-order valence-electron chi connectivity index (χ2n) is 7.13. The number of aromatic nitrogens is 1. The molecule has 1 N–H and O–H groups in total. The van der Waals surface area contributed by atoms with Crippen LogP contribution in [0.15, 0.2) is 72.9 Å². The van der Waals surface area contributed by atoms with Gasteiger partial charge in [-0.25, -0.2) is 13.7 Å². The van der Waals surface area contributed by atoms with Gasteiger partial charge in [-0.15, -0.1) is 0 Å². The van der Waals surface area contributed by atoms with Crippen molar-refractivity contribution in [2.75, 3.05) is 10.2 Å². The lowest BCUT2D eigenvalue weighted by Gasteiger charge is -2.14. The van der Waals surface area contributed by atoms with Crippen LogP contribution < -0.4 is 10.2 Å². The third kappa shape index (κ3) is 3.09. The maximum atomic E-state index is 14.0. The molecule has 4 aromatic rings. The zero-order valence-electron chi connectivity index (χ0n) is 16.3. The van der Waals surface area contributed by atoms with Gasteiger partial charge < -0.3 is 5.32 Å². The minimum atomic E-state index is -0.832. The first-order valence-electron chi connectivity index (χ1n) is 9.57. The van der Waals surface area contributed by atoms with Crippen LogP contribution >= 0.6 is 0 Å². The molecule has 32 heavy (non-hydrogen) atoms. The molecule has 5 rings (SSSR count). The van der Waals surface area contributed by atoms with E-state index in [-0.39, 0.29) is 22.2 Å². The van der Waals surface area contributed by atoms with Gasteiger partial charge in [0.25, 0.3) is 17.7 Å². The summed E-state index contributed by atoms with van der Waals surface area (Å²) in [4.78, 5) is 42.8. The first-order valence-corrected chi connectivity index (χ1v) is 9.57. The number of anilines is 2. The number of halogens is 2. The van der Waals surface area contributed by atoms with E-state index < -0.39 is 29.4 Å². The van der Waals surface area contributed by atoms with Crippen molar-refractivity contribution in [3.8, 4) is 0 Å². The van der Waals surface area contributed by atoms with E-state index in [9.17, 15) is 23.2 Å². The molecule has 6 nitrogen and oxygen atoms in total. The molecule has 1 aliphatic rings. The van der Waals surface area contributed by atoms with Crippen molar-refractivity contribution in [3.63, 3.8) is 0 Å². The van der Waals surface area contributed by atoms with Crippen LogP contribution in [0.4, 0.5) is 20.2 Å². The molecule has 1 aromatic heterocycles. The largest absolute Gasteiger partial charge is 0.321 e. The summed E-state index contributed by atoms with van der Waals surface area (Å²) in [6.45, 7) is 0. The predicted octanol–water partition coefficient (Wildman–Crippen LogP) is 4.57. The van der Waals surface area contributed by atoms with Crippen LogP contribution in [0, 0.1) is 11.6 Å². The topological polar surface area (TPSA) is 79.4 Å². The minimum absolute atomic E-state index is 0.0647. The van der Waals surface area contributed by atoms with Gasteiger partial charge in [0.05, 0.1) is 22.5 Å².